The number of carbonyl (C=O) groups excluding carboxylic acids is 3. The van der Waals surface area contributed by atoms with Crippen LogP contribution in [0.3, 0.4) is 0 Å². The summed E-state index contributed by atoms with van der Waals surface area (Å²) in [6.45, 7) is 3.08. The minimum absolute atomic E-state index is 0.0887. The third-order valence-corrected chi connectivity index (χ3v) is 6.33. The van der Waals surface area contributed by atoms with Crippen molar-refractivity contribution in [2.45, 2.75) is 32.1 Å². The summed E-state index contributed by atoms with van der Waals surface area (Å²) in [5.74, 6) is 0.895. The zero-order valence-corrected chi connectivity index (χ0v) is 20.9. The molecule has 35 heavy (non-hydrogen) atoms. The molecule has 0 atom stereocenters. The summed E-state index contributed by atoms with van der Waals surface area (Å²) < 4.78 is 0.710. The first-order chi connectivity index (χ1) is 17.0. The van der Waals surface area contributed by atoms with Gasteiger partial charge in [-0.15, -0.1) is 0 Å². The Balaban J connectivity index is 1.26. The molecule has 2 fully saturated rings. The van der Waals surface area contributed by atoms with Gasteiger partial charge in [-0.25, -0.2) is 14.6 Å². The van der Waals surface area contributed by atoms with Crippen molar-refractivity contribution < 1.29 is 14.4 Å². The zero-order valence-electron chi connectivity index (χ0n) is 19.3. The highest BCUT2D eigenvalue weighted by atomic mass is 79.9. The van der Waals surface area contributed by atoms with Crippen LogP contribution in [0, 0.1) is 0 Å². The first kappa shape index (κ1) is 24.7. The van der Waals surface area contributed by atoms with E-state index in [1.807, 2.05) is 29.2 Å². The predicted octanol–water partition coefficient (Wildman–Crippen LogP) is 3.74. The molecule has 1 aromatic carbocycles. The van der Waals surface area contributed by atoms with Crippen molar-refractivity contribution in [1.29, 1.82) is 0 Å². The lowest BCUT2D eigenvalue weighted by atomic mass is 10.3. The fourth-order valence-electron chi connectivity index (χ4n) is 3.93. The summed E-state index contributed by atoms with van der Waals surface area (Å²) in [5, 5.41) is 12.1. The van der Waals surface area contributed by atoms with Gasteiger partial charge in [0.05, 0.1) is 4.47 Å². The average Bonchev–Trinajstić information content (AvgIpc) is 3.53. The van der Waals surface area contributed by atoms with Crippen molar-refractivity contribution in [2.24, 2.45) is 0 Å². The smallest absolute Gasteiger partial charge is 0.324 e. The maximum absolute atomic E-state index is 12.3. The molecular weight excluding hydrogens is 516 g/mol. The standard InChI is InChI=1S/C23H29BrN8O3/c24-18-15-27-21(28-16-6-3-7-17(14-16)29-23(35)31-11-1-2-12-31)30-20(18)25-9-5-10-26-22(34)32-13-4-8-19(32)33/h3,6-7,14-15H,1-2,4-5,8-13H2,(H,26,34)(H,29,35)(H2,25,27,28,30). The van der Waals surface area contributed by atoms with Gasteiger partial charge in [-0.3, -0.25) is 9.69 Å². The van der Waals surface area contributed by atoms with E-state index in [1.165, 1.54) is 4.90 Å². The van der Waals surface area contributed by atoms with E-state index in [1.54, 1.807) is 6.20 Å². The number of nitrogens with one attached hydrogen (secondary N) is 4. The van der Waals surface area contributed by atoms with Crippen LogP contribution in [-0.2, 0) is 4.79 Å². The van der Waals surface area contributed by atoms with Gasteiger partial charge in [0, 0.05) is 56.7 Å². The van der Waals surface area contributed by atoms with Gasteiger partial charge in [0.1, 0.15) is 5.82 Å². The number of halogens is 1. The molecule has 0 radical (unpaired) electrons. The molecule has 2 aliphatic rings. The SMILES string of the molecule is O=C(Nc1cccc(Nc2ncc(Br)c(NCCCNC(=O)N3CCCC3=O)n2)c1)N1CCCC1. The number of nitrogens with zero attached hydrogens (tertiary/aromatic N) is 4. The van der Waals surface area contributed by atoms with Gasteiger partial charge in [-0.05, 0) is 59.8 Å². The fourth-order valence-corrected chi connectivity index (χ4v) is 4.26. The van der Waals surface area contributed by atoms with E-state index >= 15 is 0 Å². The number of carbonyl (C=O) groups is 3. The van der Waals surface area contributed by atoms with Crippen LogP contribution in [0.15, 0.2) is 34.9 Å². The highest BCUT2D eigenvalue weighted by molar-refractivity contribution is 9.10. The van der Waals surface area contributed by atoms with Crippen molar-refractivity contribution >= 4 is 57.0 Å². The monoisotopic (exact) mass is 544 g/mol. The van der Waals surface area contributed by atoms with Crippen LogP contribution >= 0.6 is 15.9 Å². The lowest BCUT2D eigenvalue weighted by molar-refractivity contribution is -0.125. The van der Waals surface area contributed by atoms with Gasteiger partial charge in [-0.1, -0.05) is 6.07 Å². The summed E-state index contributed by atoms with van der Waals surface area (Å²) in [5.41, 5.74) is 1.44. The van der Waals surface area contributed by atoms with Crippen LogP contribution in [0.5, 0.6) is 0 Å². The summed E-state index contributed by atoms with van der Waals surface area (Å²) in [6, 6.07) is 6.98. The van der Waals surface area contributed by atoms with E-state index in [0.717, 1.165) is 38.0 Å². The van der Waals surface area contributed by atoms with Crippen LogP contribution in [-0.4, -0.2) is 70.5 Å². The Bertz CT molecular complexity index is 1080. The van der Waals surface area contributed by atoms with Crippen molar-refractivity contribution in [1.82, 2.24) is 25.1 Å². The summed E-state index contributed by atoms with van der Waals surface area (Å²) in [7, 11) is 0. The number of anilines is 4. The highest BCUT2D eigenvalue weighted by Crippen LogP contribution is 2.23. The number of likely N-dealkylation sites (tertiary alicyclic amines) is 2. The number of hydrogen-bond acceptors (Lipinski definition) is 7. The molecule has 0 spiro atoms. The molecule has 0 unspecified atom stereocenters. The minimum atomic E-state index is -0.332. The van der Waals surface area contributed by atoms with Gasteiger partial charge in [0.25, 0.3) is 0 Å². The van der Waals surface area contributed by atoms with E-state index < -0.39 is 0 Å². The molecule has 3 heterocycles. The van der Waals surface area contributed by atoms with E-state index in [-0.39, 0.29) is 18.0 Å². The summed E-state index contributed by atoms with van der Waals surface area (Å²) in [4.78, 5) is 47.9. The fraction of sp³-hybridized carbons (Fsp3) is 0.435. The van der Waals surface area contributed by atoms with Crippen LogP contribution in [0.4, 0.5) is 32.7 Å². The molecule has 1 aromatic heterocycles. The Hall–Kier alpha value is -3.41. The number of aromatic nitrogens is 2. The van der Waals surface area contributed by atoms with Crippen LogP contribution in [0.2, 0.25) is 0 Å². The first-order valence-electron chi connectivity index (χ1n) is 11.8. The second-order valence-electron chi connectivity index (χ2n) is 8.38. The van der Waals surface area contributed by atoms with Gasteiger partial charge in [0.2, 0.25) is 11.9 Å². The topological polar surface area (TPSA) is 132 Å². The molecule has 2 aliphatic heterocycles. The molecule has 12 heteroatoms. The maximum atomic E-state index is 12.3. The second-order valence-corrected chi connectivity index (χ2v) is 9.24. The summed E-state index contributed by atoms with van der Waals surface area (Å²) >= 11 is 3.45. The largest absolute Gasteiger partial charge is 0.369 e. The van der Waals surface area contributed by atoms with E-state index in [2.05, 4.69) is 47.2 Å². The molecule has 4 N–H and O–H groups in total. The predicted molar refractivity (Wildman–Crippen MR) is 137 cm³/mol. The number of benzene rings is 1. The molecule has 0 aliphatic carbocycles. The quantitative estimate of drug-likeness (QED) is 0.372. The molecule has 2 saturated heterocycles. The molecule has 5 amide bonds. The zero-order chi connectivity index (χ0) is 24.6. The molecule has 0 saturated carbocycles. The van der Waals surface area contributed by atoms with Crippen molar-refractivity contribution in [2.75, 3.05) is 48.7 Å². The van der Waals surface area contributed by atoms with Gasteiger partial charge in [-0.2, -0.15) is 4.98 Å². The van der Waals surface area contributed by atoms with E-state index in [4.69, 9.17) is 0 Å². The molecule has 186 valence electrons. The van der Waals surface area contributed by atoms with Crippen molar-refractivity contribution in [3.8, 4) is 0 Å². The minimum Gasteiger partial charge on any atom is -0.369 e. The number of imide groups is 1. The molecule has 0 bridgehead atoms. The molecule has 2 aromatic rings. The van der Waals surface area contributed by atoms with Gasteiger partial charge >= 0.3 is 12.1 Å². The van der Waals surface area contributed by atoms with Gasteiger partial charge in [0.15, 0.2) is 0 Å². The Morgan fingerprint density at radius 3 is 2.60 bits per heavy atom. The number of hydrogen-bond donors (Lipinski definition) is 4. The normalized spacial score (nSPS) is 15.3. The lowest BCUT2D eigenvalue weighted by Crippen LogP contribution is -2.41. The van der Waals surface area contributed by atoms with Crippen LogP contribution < -0.4 is 21.3 Å². The Morgan fingerprint density at radius 2 is 1.83 bits per heavy atom. The Kier molecular flexibility index (Phi) is 8.35. The average molecular weight is 545 g/mol. The van der Waals surface area contributed by atoms with Crippen molar-refractivity contribution in [3.05, 3.63) is 34.9 Å². The highest BCUT2D eigenvalue weighted by Gasteiger charge is 2.25. The van der Waals surface area contributed by atoms with Gasteiger partial charge < -0.3 is 26.2 Å². The molecule has 11 nitrogen and oxygen atoms in total. The third kappa shape index (κ3) is 6.81. The summed E-state index contributed by atoms with van der Waals surface area (Å²) in [6.07, 6.45) is 5.55. The van der Waals surface area contributed by atoms with E-state index in [9.17, 15) is 14.4 Å². The molecule has 4 rings (SSSR count). The second kappa shape index (κ2) is 11.8. The van der Waals surface area contributed by atoms with Crippen molar-refractivity contribution in [3.63, 3.8) is 0 Å². The van der Waals surface area contributed by atoms with Crippen LogP contribution in [0.1, 0.15) is 32.1 Å². The lowest BCUT2D eigenvalue weighted by Gasteiger charge is -2.16. The third-order valence-electron chi connectivity index (χ3n) is 5.75. The van der Waals surface area contributed by atoms with Crippen LogP contribution in [0.25, 0.3) is 0 Å². The van der Waals surface area contributed by atoms with E-state index in [0.29, 0.717) is 54.4 Å². The maximum Gasteiger partial charge on any atom is 0.324 e. The number of rotatable bonds is 8. The Labute approximate surface area is 212 Å². The number of amides is 5. The first-order valence-corrected chi connectivity index (χ1v) is 12.6. The Morgan fingerprint density at radius 1 is 1.03 bits per heavy atom. The number of urea groups is 2. The molecular formula is C23H29BrN8O3.